The maximum Gasteiger partial charge on any atom is 0.292 e. The molecule has 4 rings (SSSR count). The third kappa shape index (κ3) is 3.59. The van der Waals surface area contributed by atoms with E-state index in [0.717, 1.165) is 24.1 Å². The molecule has 3 aromatic rings. The number of carbonyl (C=O) groups is 1. The summed E-state index contributed by atoms with van der Waals surface area (Å²) in [6, 6.07) is 10.2. The lowest BCUT2D eigenvalue weighted by atomic mass is 9.89. The Morgan fingerprint density at radius 2 is 2.04 bits per heavy atom. The third-order valence-corrected chi connectivity index (χ3v) is 5.52. The first-order valence-electron chi connectivity index (χ1n) is 9.89. The minimum Gasteiger partial charge on any atom is -0.351 e. The minimum atomic E-state index is -0.0682. The van der Waals surface area contributed by atoms with Crippen LogP contribution in [0.25, 0.3) is 11.1 Å². The van der Waals surface area contributed by atoms with E-state index in [9.17, 15) is 4.79 Å². The number of amides is 1. The summed E-state index contributed by atoms with van der Waals surface area (Å²) in [6.45, 7) is 7.57. The summed E-state index contributed by atoms with van der Waals surface area (Å²) < 4.78 is 5.27. The molecule has 0 atom stereocenters. The van der Waals surface area contributed by atoms with E-state index < -0.39 is 0 Å². The van der Waals surface area contributed by atoms with Gasteiger partial charge in [-0.15, -0.1) is 0 Å². The van der Waals surface area contributed by atoms with Crippen LogP contribution in [0.15, 0.2) is 41.1 Å². The molecule has 146 valence electrons. The third-order valence-electron chi connectivity index (χ3n) is 5.52. The molecule has 1 amide bonds. The lowest BCUT2D eigenvalue weighted by Gasteiger charge is -2.31. The van der Waals surface area contributed by atoms with Crippen molar-refractivity contribution in [3.63, 3.8) is 0 Å². The molecule has 1 aliphatic rings. The molecule has 0 bridgehead atoms. The summed E-state index contributed by atoms with van der Waals surface area (Å²) in [5, 5.41) is 11.5. The van der Waals surface area contributed by atoms with Crippen LogP contribution >= 0.6 is 0 Å². The molecular formula is C22H26N4O2. The monoisotopic (exact) mass is 378 g/mol. The zero-order valence-corrected chi connectivity index (χ0v) is 16.6. The molecule has 0 radical (unpaired) electrons. The fourth-order valence-corrected chi connectivity index (χ4v) is 3.84. The number of aryl methyl sites for hydroxylation is 1. The van der Waals surface area contributed by atoms with Gasteiger partial charge in [-0.2, -0.15) is 5.10 Å². The molecule has 0 saturated carbocycles. The summed E-state index contributed by atoms with van der Waals surface area (Å²) in [7, 11) is 0. The normalized spacial score (nSPS) is 15.4. The van der Waals surface area contributed by atoms with Crippen molar-refractivity contribution < 1.29 is 9.32 Å². The summed E-state index contributed by atoms with van der Waals surface area (Å²) in [5.74, 6) is 0.880. The second-order valence-electron chi connectivity index (χ2n) is 7.90. The van der Waals surface area contributed by atoms with Gasteiger partial charge in [-0.1, -0.05) is 48.8 Å². The highest BCUT2D eigenvalue weighted by atomic mass is 16.5. The highest BCUT2D eigenvalue weighted by Crippen LogP contribution is 2.34. The van der Waals surface area contributed by atoms with Crippen molar-refractivity contribution in [2.45, 2.75) is 45.4 Å². The predicted molar refractivity (Wildman–Crippen MR) is 107 cm³/mol. The van der Waals surface area contributed by atoms with Gasteiger partial charge in [0.2, 0.25) is 5.76 Å². The van der Waals surface area contributed by atoms with Crippen molar-refractivity contribution >= 4 is 5.91 Å². The highest BCUT2D eigenvalue weighted by molar-refractivity contribution is 5.91. The summed E-state index contributed by atoms with van der Waals surface area (Å²) in [4.78, 5) is 14.6. The average molecular weight is 378 g/mol. The van der Waals surface area contributed by atoms with Crippen LogP contribution in [-0.4, -0.2) is 39.3 Å². The van der Waals surface area contributed by atoms with E-state index in [1.54, 1.807) is 6.07 Å². The summed E-state index contributed by atoms with van der Waals surface area (Å²) in [6.07, 6.45) is 3.71. The van der Waals surface area contributed by atoms with E-state index in [2.05, 4.69) is 46.5 Å². The lowest BCUT2D eigenvalue weighted by molar-refractivity contribution is 0.0670. The Hall–Kier alpha value is -2.89. The predicted octanol–water partition coefficient (Wildman–Crippen LogP) is 4.52. The standard InChI is InChI=1S/C22H26N4O2/c1-14(2)19-12-20(28-25-19)22(27)26-9-7-16(8-10-26)21-18(13-23-24-21)17-6-4-5-15(3)11-17/h4-6,11-14,16H,7-10H2,1-3H3,(H,23,24). The van der Waals surface area contributed by atoms with Gasteiger partial charge in [0, 0.05) is 36.3 Å². The fraction of sp³-hybridized carbons (Fsp3) is 0.409. The molecule has 0 spiro atoms. The molecule has 1 fully saturated rings. The van der Waals surface area contributed by atoms with Crippen LogP contribution in [0.2, 0.25) is 0 Å². The molecule has 6 nitrogen and oxygen atoms in total. The van der Waals surface area contributed by atoms with Gasteiger partial charge < -0.3 is 9.42 Å². The molecular weight excluding hydrogens is 352 g/mol. The SMILES string of the molecule is Cc1cccc(-c2cn[nH]c2C2CCN(C(=O)c3cc(C(C)C)no3)CC2)c1. The van der Waals surface area contributed by atoms with Gasteiger partial charge in [0.05, 0.1) is 11.9 Å². The van der Waals surface area contributed by atoms with E-state index in [-0.39, 0.29) is 11.8 Å². The molecule has 6 heteroatoms. The molecule has 2 aromatic heterocycles. The van der Waals surface area contributed by atoms with Crippen molar-refractivity contribution in [1.82, 2.24) is 20.3 Å². The second kappa shape index (κ2) is 7.62. The zero-order valence-electron chi connectivity index (χ0n) is 16.6. The van der Waals surface area contributed by atoms with E-state index in [1.807, 2.05) is 24.9 Å². The molecule has 1 aromatic carbocycles. The first-order chi connectivity index (χ1) is 13.5. The summed E-state index contributed by atoms with van der Waals surface area (Å²) in [5.41, 5.74) is 5.56. The van der Waals surface area contributed by atoms with Gasteiger partial charge in [0.15, 0.2) is 0 Å². The van der Waals surface area contributed by atoms with Gasteiger partial charge in [-0.05, 0) is 31.2 Å². The van der Waals surface area contributed by atoms with Crippen molar-refractivity contribution in [1.29, 1.82) is 0 Å². The van der Waals surface area contributed by atoms with Crippen LogP contribution in [0.4, 0.5) is 0 Å². The number of hydrogen-bond acceptors (Lipinski definition) is 4. The molecule has 0 unspecified atom stereocenters. The number of likely N-dealkylation sites (tertiary alicyclic amines) is 1. The first-order valence-corrected chi connectivity index (χ1v) is 9.89. The highest BCUT2D eigenvalue weighted by Gasteiger charge is 2.29. The number of rotatable bonds is 4. The van der Waals surface area contributed by atoms with Crippen LogP contribution in [0.5, 0.6) is 0 Å². The zero-order chi connectivity index (χ0) is 19.7. The number of piperidine rings is 1. The van der Waals surface area contributed by atoms with Crippen LogP contribution in [-0.2, 0) is 0 Å². The Morgan fingerprint density at radius 3 is 2.71 bits per heavy atom. The fourth-order valence-electron chi connectivity index (χ4n) is 3.84. The Morgan fingerprint density at radius 1 is 1.25 bits per heavy atom. The number of benzene rings is 1. The number of nitrogens with zero attached hydrogens (tertiary/aromatic N) is 3. The Kier molecular flexibility index (Phi) is 5.03. The van der Waals surface area contributed by atoms with Crippen LogP contribution in [0.3, 0.4) is 0 Å². The van der Waals surface area contributed by atoms with Crippen molar-refractivity contribution in [3.8, 4) is 11.1 Å². The Balaban J connectivity index is 1.45. The smallest absolute Gasteiger partial charge is 0.292 e. The number of H-pyrrole nitrogens is 1. The summed E-state index contributed by atoms with van der Waals surface area (Å²) >= 11 is 0. The molecule has 28 heavy (non-hydrogen) atoms. The maximum absolute atomic E-state index is 12.7. The number of carbonyl (C=O) groups excluding carboxylic acids is 1. The molecule has 1 N–H and O–H groups in total. The minimum absolute atomic E-state index is 0.0682. The van der Waals surface area contributed by atoms with Gasteiger partial charge >= 0.3 is 0 Å². The van der Waals surface area contributed by atoms with E-state index >= 15 is 0 Å². The second-order valence-corrected chi connectivity index (χ2v) is 7.90. The Bertz CT molecular complexity index is 964. The van der Waals surface area contributed by atoms with Crippen molar-refractivity contribution in [2.24, 2.45) is 0 Å². The van der Waals surface area contributed by atoms with Gasteiger partial charge in [-0.25, -0.2) is 0 Å². The molecule has 0 aliphatic carbocycles. The van der Waals surface area contributed by atoms with E-state index in [1.165, 1.54) is 16.8 Å². The average Bonchev–Trinajstić information content (AvgIpc) is 3.37. The molecule has 1 aliphatic heterocycles. The van der Waals surface area contributed by atoms with Crippen LogP contribution in [0, 0.1) is 6.92 Å². The van der Waals surface area contributed by atoms with Crippen molar-refractivity contribution in [2.75, 3.05) is 13.1 Å². The topological polar surface area (TPSA) is 75.0 Å². The number of nitrogens with one attached hydrogen (secondary N) is 1. The first kappa shape index (κ1) is 18.5. The van der Waals surface area contributed by atoms with Crippen molar-refractivity contribution in [3.05, 3.63) is 59.2 Å². The molecule has 3 heterocycles. The lowest BCUT2D eigenvalue weighted by Crippen LogP contribution is -2.37. The van der Waals surface area contributed by atoms with Crippen LogP contribution in [0.1, 0.15) is 66.0 Å². The largest absolute Gasteiger partial charge is 0.351 e. The van der Waals surface area contributed by atoms with Gasteiger partial charge in [0.1, 0.15) is 0 Å². The number of aromatic nitrogens is 3. The van der Waals surface area contributed by atoms with E-state index in [4.69, 9.17) is 4.52 Å². The Labute approximate surface area is 164 Å². The maximum atomic E-state index is 12.7. The van der Waals surface area contributed by atoms with Crippen LogP contribution < -0.4 is 0 Å². The molecule has 1 saturated heterocycles. The van der Waals surface area contributed by atoms with E-state index in [0.29, 0.717) is 24.8 Å². The number of hydrogen-bond donors (Lipinski definition) is 1. The number of aromatic amines is 1. The van der Waals surface area contributed by atoms with Gasteiger partial charge in [-0.3, -0.25) is 9.89 Å². The quantitative estimate of drug-likeness (QED) is 0.724. The van der Waals surface area contributed by atoms with Gasteiger partial charge in [0.25, 0.3) is 5.91 Å².